The monoisotopic (exact) mass is 492 g/mol. The molecule has 0 aliphatic carbocycles. The summed E-state index contributed by atoms with van der Waals surface area (Å²) in [6.45, 7) is 4.55. The first-order chi connectivity index (χ1) is 16.0. The number of carbonyl (C=O) groups excluding carboxylic acids is 2. The number of aliphatic hydroxyl groups is 1. The Hall–Kier alpha value is -3.28. The Kier molecular flexibility index (Phi) is 7.70. The maximum absolute atomic E-state index is 13.1. The zero-order chi connectivity index (χ0) is 25.0. The smallest absolute Gasteiger partial charge is 0.327 e. The summed E-state index contributed by atoms with van der Waals surface area (Å²) in [6.07, 6.45) is 0.0916. The van der Waals surface area contributed by atoms with Gasteiger partial charge in [-0.05, 0) is 63.2 Å². The minimum atomic E-state index is -4.27. The summed E-state index contributed by atoms with van der Waals surface area (Å²) in [4.78, 5) is 24.9. The molecule has 3 rings (SSSR count). The fourth-order valence-electron chi connectivity index (χ4n) is 3.38. The average molecular weight is 493 g/mol. The Morgan fingerprint density at radius 1 is 1.21 bits per heavy atom. The van der Waals surface area contributed by atoms with Crippen LogP contribution in [0.2, 0.25) is 0 Å². The number of ketones is 1. The number of carbonyl (C=O) groups is 2. The molecule has 0 fully saturated rings. The number of benzene rings is 1. The van der Waals surface area contributed by atoms with Gasteiger partial charge in [-0.2, -0.15) is 4.72 Å². The minimum absolute atomic E-state index is 0.299. The van der Waals surface area contributed by atoms with Crippen molar-refractivity contribution in [2.75, 3.05) is 6.61 Å². The number of aromatic nitrogens is 1. The quantitative estimate of drug-likeness (QED) is 0.328. The Morgan fingerprint density at radius 3 is 2.47 bits per heavy atom. The Morgan fingerprint density at radius 2 is 1.88 bits per heavy atom. The zero-order valence-corrected chi connectivity index (χ0v) is 19.6. The number of esters is 1. The zero-order valence-electron chi connectivity index (χ0n) is 18.8. The van der Waals surface area contributed by atoms with Crippen LogP contribution in [0.5, 0.6) is 0 Å². The number of sulfonamides is 1. The molecule has 1 aromatic carbocycles. The SMILES string of the molecule is Cc1cc(C(=O)COC(=O)[C@@H](NS(=O)(=O)c2ccc(F)cc2)[C@H](C)O)c(C)n1Cc1ccco1. The van der Waals surface area contributed by atoms with Gasteiger partial charge in [0.2, 0.25) is 15.8 Å². The molecule has 0 aliphatic rings. The predicted molar refractivity (Wildman–Crippen MR) is 119 cm³/mol. The van der Waals surface area contributed by atoms with Crippen molar-refractivity contribution < 1.29 is 36.7 Å². The molecule has 0 saturated carbocycles. The van der Waals surface area contributed by atoms with E-state index >= 15 is 0 Å². The van der Waals surface area contributed by atoms with Gasteiger partial charge in [0.25, 0.3) is 0 Å². The fourth-order valence-corrected chi connectivity index (χ4v) is 4.64. The van der Waals surface area contributed by atoms with Gasteiger partial charge in [-0.15, -0.1) is 0 Å². The van der Waals surface area contributed by atoms with Gasteiger partial charge in [-0.3, -0.25) is 9.59 Å². The number of nitrogens with one attached hydrogen (secondary N) is 1. The number of aryl methyl sites for hydroxylation is 1. The number of halogens is 1. The van der Waals surface area contributed by atoms with Crippen LogP contribution in [0.15, 0.2) is 58.0 Å². The summed E-state index contributed by atoms with van der Waals surface area (Å²) in [5.41, 5.74) is 1.80. The normalized spacial score (nSPS) is 13.4. The number of nitrogens with zero attached hydrogens (tertiary/aromatic N) is 1. The van der Waals surface area contributed by atoms with Gasteiger partial charge in [0.05, 0.1) is 23.8 Å². The van der Waals surface area contributed by atoms with Crippen molar-refractivity contribution in [3.63, 3.8) is 0 Å². The van der Waals surface area contributed by atoms with Crippen LogP contribution in [0.1, 0.15) is 34.4 Å². The van der Waals surface area contributed by atoms with Gasteiger partial charge >= 0.3 is 5.97 Å². The highest BCUT2D eigenvalue weighted by Crippen LogP contribution is 2.18. The minimum Gasteiger partial charge on any atom is -0.467 e. The third kappa shape index (κ3) is 5.79. The summed E-state index contributed by atoms with van der Waals surface area (Å²) in [5, 5.41) is 9.94. The van der Waals surface area contributed by atoms with Gasteiger partial charge < -0.3 is 18.8 Å². The van der Waals surface area contributed by atoms with Crippen LogP contribution in [0.3, 0.4) is 0 Å². The van der Waals surface area contributed by atoms with E-state index in [1.54, 1.807) is 25.3 Å². The number of aliphatic hydroxyl groups excluding tert-OH is 1. The molecule has 0 radical (unpaired) electrons. The van der Waals surface area contributed by atoms with E-state index in [4.69, 9.17) is 9.15 Å². The molecule has 0 saturated heterocycles. The number of rotatable bonds is 10. The Labute approximate surface area is 196 Å². The van der Waals surface area contributed by atoms with E-state index in [0.29, 0.717) is 23.6 Å². The molecule has 3 aromatic rings. The van der Waals surface area contributed by atoms with Crippen LogP contribution in [0.4, 0.5) is 4.39 Å². The second-order valence-corrected chi connectivity index (χ2v) is 9.49. The molecule has 0 spiro atoms. The summed E-state index contributed by atoms with van der Waals surface area (Å²) < 4.78 is 52.4. The molecule has 11 heteroatoms. The standard InChI is InChI=1S/C23H25FN2O7S/c1-14-11-20(15(2)26(14)12-18-5-4-10-32-18)21(28)13-33-23(29)22(16(3)27)25-34(30,31)19-8-6-17(24)7-9-19/h4-11,16,22,25,27H,12-13H2,1-3H3/t16-,22-/m0/s1. The lowest BCUT2D eigenvalue weighted by molar-refractivity contribution is -0.147. The molecule has 0 aliphatic heterocycles. The van der Waals surface area contributed by atoms with Gasteiger partial charge in [0, 0.05) is 17.0 Å². The van der Waals surface area contributed by atoms with Gasteiger partial charge in [-0.1, -0.05) is 0 Å². The first kappa shape index (κ1) is 25.3. The predicted octanol–water partition coefficient (Wildman–Crippen LogP) is 2.34. The lowest BCUT2D eigenvalue weighted by atomic mass is 10.1. The first-order valence-electron chi connectivity index (χ1n) is 10.3. The van der Waals surface area contributed by atoms with Gasteiger partial charge in [0.15, 0.2) is 6.61 Å². The van der Waals surface area contributed by atoms with E-state index < -0.39 is 46.3 Å². The van der Waals surface area contributed by atoms with Crippen molar-refractivity contribution in [2.45, 2.75) is 44.4 Å². The largest absolute Gasteiger partial charge is 0.467 e. The fraction of sp³-hybridized carbons (Fsp3) is 0.304. The summed E-state index contributed by atoms with van der Waals surface area (Å²) >= 11 is 0. The van der Waals surface area contributed by atoms with E-state index in [-0.39, 0.29) is 4.90 Å². The number of Topliss-reactive ketones (excluding diaryl/α,β-unsaturated/α-hetero) is 1. The van der Waals surface area contributed by atoms with Gasteiger partial charge in [-0.25, -0.2) is 12.8 Å². The van der Waals surface area contributed by atoms with Crippen LogP contribution >= 0.6 is 0 Å². The van der Waals surface area contributed by atoms with Crippen LogP contribution in [0, 0.1) is 19.7 Å². The Bertz CT molecular complexity index is 1260. The second-order valence-electron chi connectivity index (χ2n) is 7.77. The molecule has 9 nitrogen and oxygen atoms in total. The second kappa shape index (κ2) is 10.3. The molecule has 2 N–H and O–H groups in total. The molecule has 2 aromatic heterocycles. The lowest BCUT2D eigenvalue weighted by Crippen LogP contribution is -2.48. The molecule has 2 atom stereocenters. The highest BCUT2D eigenvalue weighted by Gasteiger charge is 2.31. The van der Waals surface area contributed by atoms with E-state index in [1.165, 1.54) is 6.92 Å². The number of furan rings is 1. The lowest BCUT2D eigenvalue weighted by Gasteiger charge is -2.20. The van der Waals surface area contributed by atoms with E-state index in [2.05, 4.69) is 0 Å². The molecule has 2 heterocycles. The van der Waals surface area contributed by atoms with E-state index in [0.717, 1.165) is 30.0 Å². The van der Waals surface area contributed by atoms with Crippen molar-refractivity contribution in [2.24, 2.45) is 0 Å². The number of ether oxygens (including phenoxy) is 1. The highest BCUT2D eigenvalue weighted by molar-refractivity contribution is 7.89. The third-order valence-corrected chi connectivity index (χ3v) is 6.71. The van der Waals surface area contributed by atoms with Crippen LogP contribution in [-0.2, 0) is 26.1 Å². The van der Waals surface area contributed by atoms with Gasteiger partial charge in [0.1, 0.15) is 17.6 Å². The molecule has 0 amide bonds. The molecule has 0 bridgehead atoms. The van der Waals surface area contributed by atoms with E-state index in [9.17, 15) is 27.5 Å². The van der Waals surface area contributed by atoms with Crippen LogP contribution in [-0.4, -0.2) is 48.6 Å². The number of hydrogen-bond acceptors (Lipinski definition) is 7. The first-order valence-corrected chi connectivity index (χ1v) is 11.8. The van der Waals surface area contributed by atoms with Crippen LogP contribution in [0.25, 0.3) is 0 Å². The summed E-state index contributed by atoms with van der Waals surface area (Å²) in [6, 6.07) is 7.50. The molecule has 0 unspecified atom stereocenters. The molecule has 182 valence electrons. The average Bonchev–Trinajstić information content (AvgIpc) is 3.39. The Balaban J connectivity index is 1.68. The van der Waals surface area contributed by atoms with Crippen molar-refractivity contribution in [3.05, 3.63) is 77.3 Å². The summed E-state index contributed by atoms with van der Waals surface area (Å²) in [5.74, 6) is -1.54. The van der Waals surface area contributed by atoms with Crippen molar-refractivity contribution in [3.8, 4) is 0 Å². The van der Waals surface area contributed by atoms with Crippen molar-refractivity contribution in [1.29, 1.82) is 0 Å². The maximum atomic E-state index is 13.1. The van der Waals surface area contributed by atoms with E-state index in [1.807, 2.05) is 22.3 Å². The van der Waals surface area contributed by atoms with Crippen molar-refractivity contribution in [1.82, 2.24) is 9.29 Å². The number of hydrogen-bond donors (Lipinski definition) is 2. The maximum Gasteiger partial charge on any atom is 0.327 e. The highest BCUT2D eigenvalue weighted by atomic mass is 32.2. The third-order valence-electron chi connectivity index (χ3n) is 5.26. The summed E-state index contributed by atoms with van der Waals surface area (Å²) in [7, 11) is -4.27. The molecule has 34 heavy (non-hydrogen) atoms. The van der Waals surface area contributed by atoms with Crippen LogP contribution < -0.4 is 4.72 Å². The van der Waals surface area contributed by atoms with Crippen molar-refractivity contribution >= 4 is 21.8 Å². The topological polar surface area (TPSA) is 128 Å². The molecular weight excluding hydrogens is 467 g/mol. The molecular formula is C23H25FN2O7S.